The van der Waals surface area contributed by atoms with Crippen LogP contribution in [0.15, 0.2) is 72.9 Å². The number of phosphoric ester groups is 1. The lowest BCUT2D eigenvalue weighted by molar-refractivity contribution is -0.870. The predicted molar refractivity (Wildman–Crippen MR) is 274 cm³/mol. The molecule has 3 unspecified atom stereocenters. The summed E-state index contributed by atoms with van der Waals surface area (Å²) in [5, 5.41) is 13.8. The first-order valence-electron chi connectivity index (χ1n) is 26.3. The molecule has 1 amide bonds. The van der Waals surface area contributed by atoms with Gasteiger partial charge in [-0.3, -0.25) is 9.36 Å². The lowest BCUT2D eigenvalue weighted by atomic mass is 10.1. The highest BCUT2D eigenvalue weighted by atomic mass is 31.2. The lowest BCUT2D eigenvalue weighted by Gasteiger charge is -2.29. The quantitative estimate of drug-likeness (QED) is 0.0272. The molecule has 9 heteroatoms. The Kier molecular flexibility index (Phi) is 44.6. The number of nitrogens with zero attached hydrogens (tertiary/aromatic N) is 1. The predicted octanol–water partition coefficient (Wildman–Crippen LogP) is 14.9. The zero-order valence-corrected chi connectivity index (χ0v) is 43.1. The molecule has 0 saturated carbocycles. The Morgan fingerprint density at radius 1 is 0.547 bits per heavy atom. The van der Waals surface area contributed by atoms with E-state index in [1.807, 2.05) is 27.2 Å². The van der Waals surface area contributed by atoms with E-state index in [-0.39, 0.29) is 12.5 Å². The number of likely N-dealkylation sites (N-methyl/N-ethyl adjacent to an activating group) is 1. The van der Waals surface area contributed by atoms with Crippen molar-refractivity contribution in [2.24, 2.45) is 0 Å². The number of unbranched alkanes of at least 4 members (excludes halogenated alkanes) is 24. The minimum Gasteiger partial charge on any atom is -0.756 e. The molecule has 0 aliphatic heterocycles. The SMILES string of the molecule is CCCCCCC/C=C\C/C=C\C/C=C\CCCCCCCCC(=O)NC(COP(=O)([O-])OCC[N+](C)(C)C)C(O)/C=C/CC/C=C/CC/C=C/CCCCCCCCCCCCC. The molecule has 0 aromatic carbocycles. The second-order valence-electron chi connectivity index (χ2n) is 18.9. The van der Waals surface area contributed by atoms with Crippen LogP contribution in [-0.4, -0.2) is 68.5 Å². The van der Waals surface area contributed by atoms with Crippen LogP contribution in [0.2, 0.25) is 0 Å². The van der Waals surface area contributed by atoms with Gasteiger partial charge in [0.2, 0.25) is 5.91 Å². The van der Waals surface area contributed by atoms with Crippen molar-refractivity contribution in [2.75, 3.05) is 40.9 Å². The summed E-state index contributed by atoms with van der Waals surface area (Å²) in [6.07, 6.45) is 62.5. The highest BCUT2D eigenvalue weighted by Crippen LogP contribution is 2.38. The molecule has 3 atom stereocenters. The van der Waals surface area contributed by atoms with Crippen molar-refractivity contribution < 1.29 is 32.9 Å². The van der Waals surface area contributed by atoms with E-state index in [0.717, 1.165) is 70.6 Å². The number of aliphatic hydroxyl groups is 1. The van der Waals surface area contributed by atoms with E-state index in [9.17, 15) is 19.4 Å². The van der Waals surface area contributed by atoms with E-state index >= 15 is 0 Å². The van der Waals surface area contributed by atoms with Crippen LogP contribution < -0.4 is 10.2 Å². The van der Waals surface area contributed by atoms with Crippen LogP contribution in [0.3, 0.4) is 0 Å². The average molecular weight is 917 g/mol. The monoisotopic (exact) mass is 917 g/mol. The molecule has 0 aromatic heterocycles. The number of phosphoric acid groups is 1. The number of rotatable bonds is 47. The van der Waals surface area contributed by atoms with Gasteiger partial charge in [-0.2, -0.15) is 0 Å². The van der Waals surface area contributed by atoms with Crippen molar-refractivity contribution in [3.63, 3.8) is 0 Å². The molecule has 2 N–H and O–H groups in total. The third kappa shape index (κ3) is 47.9. The number of allylic oxidation sites excluding steroid dienone is 11. The van der Waals surface area contributed by atoms with Crippen LogP contribution in [0.5, 0.6) is 0 Å². The van der Waals surface area contributed by atoms with Gasteiger partial charge in [0.1, 0.15) is 13.2 Å². The Morgan fingerprint density at radius 3 is 1.38 bits per heavy atom. The van der Waals surface area contributed by atoms with E-state index in [1.54, 1.807) is 6.08 Å². The Labute approximate surface area is 395 Å². The van der Waals surface area contributed by atoms with Crippen LogP contribution in [-0.2, 0) is 18.4 Å². The molecule has 0 aromatic rings. The second-order valence-corrected chi connectivity index (χ2v) is 20.3. The molecule has 64 heavy (non-hydrogen) atoms. The van der Waals surface area contributed by atoms with Crippen molar-refractivity contribution in [1.29, 1.82) is 0 Å². The molecular weight excluding hydrogens is 816 g/mol. The fourth-order valence-corrected chi connectivity index (χ4v) is 7.91. The van der Waals surface area contributed by atoms with Gasteiger partial charge in [0, 0.05) is 6.42 Å². The van der Waals surface area contributed by atoms with Gasteiger partial charge < -0.3 is 28.8 Å². The Morgan fingerprint density at radius 2 is 0.922 bits per heavy atom. The first-order valence-corrected chi connectivity index (χ1v) is 27.8. The molecule has 0 heterocycles. The van der Waals surface area contributed by atoms with Gasteiger partial charge in [-0.1, -0.05) is 202 Å². The molecule has 0 rings (SSSR count). The van der Waals surface area contributed by atoms with Crippen molar-refractivity contribution in [2.45, 2.75) is 231 Å². The molecule has 0 aliphatic carbocycles. The maximum absolute atomic E-state index is 12.9. The van der Waals surface area contributed by atoms with E-state index in [4.69, 9.17) is 9.05 Å². The summed E-state index contributed by atoms with van der Waals surface area (Å²) in [4.78, 5) is 25.4. The van der Waals surface area contributed by atoms with Gasteiger partial charge in [-0.15, -0.1) is 0 Å². The fraction of sp³-hybridized carbons (Fsp3) is 0.764. The number of carbonyl (C=O) groups is 1. The topological polar surface area (TPSA) is 108 Å². The molecule has 0 aliphatic rings. The van der Waals surface area contributed by atoms with Crippen LogP contribution in [0.4, 0.5) is 0 Å². The number of aliphatic hydroxyl groups excluding tert-OH is 1. The third-order valence-corrected chi connectivity index (χ3v) is 12.3. The molecule has 0 spiro atoms. The summed E-state index contributed by atoms with van der Waals surface area (Å²) in [6.45, 7) is 4.60. The summed E-state index contributed by atoms with van der Waals surface area (Å²) in [7, 11) is 1.22. The van der Waals surface area contributed by atoms with Gasteiger partial charge in [-0.25, -0.2) is 0 Å². The van der Waals surface area contributed by atoms with Gasteiger partial charge in [0.05, 0.1) is 39.9 Å². The summed E-state index contributed by atoms with van der Waals surface area (Å²) < 4.78 is 23.3. The number of amides is 1. The maximum atomic E-state index is 12.9. The summed E-state index contributed by atoms with van der Waals surface area (Å²) >= 11 is 0. The van der Waals surface area contributed by atoms with Gasteiger partial charge in [0.15, 0.2) is 0 Å². The van der Waals surface area contributed by atoms with E-state index in [2.05, 4.69) is 79.9 Å². The number of quaternary nitrogens is 1. The van der Waals surface area contributed by atoms with Gasteiger partial charge >= 0.3 is 0 Å². The minimum absolute atomic E-state index is 0.0149. The van der Waals surface area contributed by atoms with Crippen molar-refractivity contribution >= 4 is 13.7 Å². The van der Waals surface area contributed by atoms with Crippen LogP contribution >= 0.6 is 7.82 Å². The zero-order chi connectivity index (χ0) is 47.1. The molecule has 8 nitrogen and oxygen atoms in total. The Hall–Kier alpha value is -2.06. The normalized spacial score (nSPS) is 14.7. The smallest absolute Gasteiger partial charge is 0.268 e. The van der Waals surface area contributed by atoms with Crippen molar-refractivity contribution in [3.05, 3.63) is 72.9 Å². The maximum Gasteiger partial charge on any atom is 0.268 e. The lowest BCUT2D eigenvalue weighted by Crippen LogP contribution is -2.45. The molecule has 0 saturated heterocycles. The van der Waals surface area contributed by atoms with E-state index in [1.165, 1.54) is 128 Å². The number of hydrogen-bond acceptors (Lipinski definition) is 6. The average Bonchev–Trinajstić information content (AvgIpc) is 3.25. The number of nitrogens with one attached hydrogen (secondary N) is 1. The summed E-state index contributed by atoms with van der Waals surface area (Å²) in [5.74, 6) is -0.225. The molecule has 0 bridgehead atoms. The van der Waals surface area contributed by atoms with Crippen LogP contribution in [0.25, 0.3) is 0 Å². The van der Waals surface area contributed by atoms with E-state index < -0.39 is 26.6 Å². The summed E-state index contributed by atoms with van der Waals surface area (Å²) in [5.41, 5.74) is 0. The Balaban J connectivity index is 4.42. The summed E-state index contributed by atoms with van der Waals surface area (Å²) in [6, 6.07) is -0.921. The molecule has 0 radical (unpaired) electrons. The zero-order valence-electron chi connectivity index (χ0n) is 42.2. The molecule has 0 fully saturated rings. The third-order valence-electron chi connectivity index (χ3n) is 11.4. The molecule has 372 valence electrons. The van der Waals surface area contributed by atoms with Crippen LogP contribution in [0, 0.1) is 0 Å². The Bertz CT molecular complexity index is 1270. The van der Waals surface area contributed by atoms with E-state index in [0.29, 0.717) is 17.4 Å². The fourth-order valence-electron chi connectivity index (χ4n) is 7.19. The van der Waals surface area contributed by atoms with Crippen molar-refractivity contribution in [3.8, 4) is 0 Å². The first kappa shape index (κ1) is 61.9. The highest BCUT2D eigenvalue weighted by Gasteiger charge is 2.23. The molecular formula is C55H101N2O6P. The minimum atomic E-state index is -4.61. The largest absolute Gasteiger partial charge is 0.756 e. The first-order chi connectivity index (χ1) is 31.0. The number of carbonyl (C=O) groups excluding carboxylic acids is 1. The highest BCUT2D eigenvalue weighted by molar-refractivity contribution is 7.45. The van der Waals surface area contributed by atoms with Crippen LogP contribution in [0.1, 0.15) is 219 Å². The van der Waals surface area contributed by atoms with Gasteiger partial charge in [-0.05, 0) is 83.5 Å². The standard InChI is InChI=1S/C55H101N2O6P/c1-6-8-10-12-14-16-18-20-22-24-26-28-30-32-34-36-38-40-42-44-46-48-54(58)53(52-63-64(60,61)62-51-50-57(3,4)5)56-55(59)49-47-45-43-41-39-37-35-33-31-29-27-25-23-21-19-17-15-13-11-9-7-2/h19,21,25,27,30-33,38,40,46,48,53-54,58H,6-18,20,22-24,26,28-29,34-37,39,41-45,47,49-52H2,1-5H3,(H-,56,59,60,61)/b21-19-,27-25-,32-30+,33-31-,40-38+,48-46+. The van der Waals surface area contributed by atoms with Crippen molar-refractivity contribution in [1.82, 2.24) is 5.32 Å². The number of hydrogen-bond donors (Lipinski definition) is 2. The van der Waals surface area contributed by atoms with Gasteiger partial charge in [0.25, 0.3) is 7.82 Å². The second kappa shape index (κ2) is 46.1.